The number of benzene rings is 1. The molecule has 0 unspecified atom stereocenters. The Morgan fingerprint density at radius 1 is 1.15 bits per heavy atom. The third-order valence-electron chi connectivity index (χ3n) is 4.49. The lowest BCUT2D eigenvalue weighted by atomic mass is 10.1. The molecule has 0 bridgehead atoms. The molecule has 0 aliphatic heterocycles. The highest BCUT2D eigenvalue weighted by molar-refractivity contribution is 7.99. The number of carbonyl (C=O) groups is 1. The summed E-state index contributed by atoms with van der Waals surface area (Å²) in [5.74, 6) is 1.01. The highest BCUT2D eigenvalue weighted by atomic mass is 32.2. The minimum atomic E-state index is -0.0404. The van der Waals surface area contributed by atoms with Crippen molar-refractivity contribution in [3.05, 3.63) is 53.9 Å². The van der Waals surface area contributed by atoms with Crippen molar-refractivity contribution in [2.45, 2.75) is 24.4 Å². The molecule has 0 radical (unpaired) electrons. The minimum Gasteiger partial charge on any atom is -0.325 e. The maximum absolute atomic E-state index is 12.3. The van der Waals surface area contributed by atoms with Crippen LogP contribution in [0.25, 0.3) is 11.4 Å². The van der Waals surface area contributed by atoms with Crippen LogP contribution in [0.4, 0.5) is 5.69 Å². The molecule has 4 rings (SSSR count). The number of pyridine rings is 1. The number of aryl methyl sites for hydroxylation is 2. The van der Waals surface area contributed by atoms with Gasteiger partial charge in [0.2, 0.25) is 5.91 Å². The molecule has 2 heterocycles. The Bertz CT molecular complexity index is 938. The van der Waals surface area contributed by atoms with Gasteiger partial charge in [0, 0.05) is 30.7 Å². The third-order valence-corrected chi connectivity index (χ3v) is 5.51. The Balaban J connectivity index is 1.38. The topological polar surface area (TPSA) is 72.7 Å². The van der Waals surface area contributed by atoms with E-state index in [1.54, 1.807) is 12.4 Å². The number of hydrogen-bond donors (Lipinski definition) is 1. The molecule has 1 N–H and O–H groups in total. The van der Waals surface area contributed by atoms with Crippen LogP contribution >= 0.6 is 11.8 Å². The van der Waals surface area contributed by atoms with Gasteiger partial charge in [-0.3, -0.25) is 9.78 Å². The Morgan fingerprint density at radius 3 is 2.81 bits per heavy atom. The van der Waals surface area contributed by atoms with Crippen LogP contribution in [-0.2, 0) is 24.7 Å². The first-order valence-corrected chi connectivity index (χ1v) is 9.53. The van der Waals surface area contributed by atoms with Gasteiger partial charge in [-0.05, 0) is 54.7 Å². The van der Waals surface area contributed by atoms with Gasteiger partial charge in [0.25, 0.3) is 0 Å². The molecule has 1 aromatic carbocycles. The zero-order valence-corrected chi connectivity index (χ0v) is 15.3. The molecule has 3 aromatic rings. The number of carbonyl (C=O) groups excluding carboxylic acids is 1. The van der Waals surface area contributed by atoms with Gasteiger partial charge in [0.1, 0.15) is 0 Å². The van der Waals surface area contributed by atoms with Crippen LogP contribution in [0.3, 0.4) is 0 Å². The number of fused-ring (bicyclic) bond motifs is 1. The zero-order valence-electron chi connectivity index (χ0n) is 14.5. The van der Waals surface area contributed by atoms with Crippen LogP contribution in [0, 0.1) is 0 Å². The van der Waals surface area contributed by atoms with Crippen LogP contribution in [0.2, 0.25) is 0 Å². The number of amides is 1. The van der Waals surface area contributed by atoms with Crippen molar-refractivity contribution in [3.8, 4) is 11.4 Å². The summed E-state index contributed by atoms with van der Waals surface area (Å²) in [5, 5.41) is 12.1. The van der Waals surface area contributed by atoms with E-state index in [0.717, 1.165) is 29.9 Å². The van der Waals surface area contributed by atoms with Crippen molar-refractivity contribution < 1.29 is 4.79 Å². The van der Waals surface area contributed by atoms with Crippen LogP contribution in [0.15, 0.2) is 47.9 Å². The van der Waals surface area contributed by atoms with Crippen LogP contribution < -0.4 is 5.32 Å². The highest BCUT2D eigenvalue weighted by Crippen LogP contribution is 2.25. The average Bonchev–Trinajstić information content (AvgIpc) is 3.27. The van der Waals surface area contributed by atoms with Crippen molar-refractivity contribution in [2.75, 3.05) is 11.1 Å². The van der Waals surface area contributed by atoms with Gasteiger partial charge in [-0.1, -0.05) is 17.8 Å². The molecule has 1 aliphatic carbocycles. The molecule has 2 aromatic heterocycles. The fourth-order valence-electron chi connectivity index (χ4n) is 3.17. The van der Waals surface area contributed by atoms with Crippen molar-refractivity contribution in [3.63, 3.8) is 0 Å². The van der Waals surface area contributed by atoms with E-state index in [1.807, 2.05) is 29.8 Å². The Kier molecular flexibility index (Phi) is 4.71. The minimum absolute atomic E-state index is 0.0404. The number of rotatable bonds is 5. The van der Waals surface area contributed by atoms with Crippen molar-refractivity contribution >= 4 is 23.4 Å². The second-order valence-electron chi connectivity index (χ2n) is 6.27. The van der Waals surface area contributed by atoms with E-state index in [1.165, 1.54) is 29.3 Å². The molecular weight excluding hydrogens is 346 g/mol. The summed E-state index contributed by atoms with van der Waals surface area (Å²) < 4.78 is 1.89. The highest BCUT2D eigenvalue weighted by Gasteiger charge is 2.14. The lowest BCUT2D eigenvalue weighted by Crippen LogP contribution is -2.14. The summed E-state index contributed by atoms with van der Waals surface area (Å²) in [6, 6.07) is 9.97. The Morgan fingerprint density at radius 2 is 1.96 bits per heavy atom. The van der Waals surface area contributed by atoms with E-state index in [9.17, 15) is 4.79 Å². The van der Waals surface area contributed by atoms with E-state index in [-0.39, 0.29) is 5.91 Å². The standard InChI is InChI=1S/C19H19N5OS/c1-24-18(14-7-9-20-10-8-14)22-23-19(24)26-12-17(25)21-16-6-5-13-3-2-4-15(13)11-16/h5-11H,2-4,12H2,1H3,(H,21,25). The first kappa shape index (κ1) is 16.8. The first-order chi connectivity index (χ1) is 12.7. The Hall–Kier alpha value is -2.67. The SMILES string of the molecule is Cn1c(SCC(=O)Nc2ccc3c(c2)CCC3)nnc1-c1ccncc1. The first-order valence-electron chi connectivity index (χ1n) is 8.55. The van der Waals surface area contributed by atoms with Crippen LogP contribution in [0.5, 0.6) is 0 Å². The summed E-state index contributed by atoms with van der Waals surface area (Å²) in [4.78, 5) is 16.3. The van der Waals surface area contributed by atoms with E-state index in [2.05, 4.69) is 32.6 Å². The van der Waals surface area contributed by atoms with E-state index in [0.29, 0.717) is 10.9 Å². The van der Waals surface area contributed by atoms with Crippen LogP contribution in [0.1, 0.15) is 17.5 Å². The molecule has 132 valence electrons. The van der Waals surface area contributed by atoms with Gasteiger partial charge in [0.15, 0.2) is 11.0 Å². The second-order valence-corrected chi connectivity index (χ2v) is 7.22. The predicted molar refractivity (Wildman–Crippen MR) is 102 cm³/mol. The number of anilines is 1. The zero-order chi connectivity index (χ0) is 17.9. The number of aromatic nitrogens is 4. The molecule has 6 nitrogen and oxygen atoms in total. The molecule has 0 saturated carbocycles. The normalized spacial score (nSPS) is 12.8. The fraction of sp³-hybridized carbons (Fsp3) is 0.263. The van der Waals surface area contributed by atoms with Gasteiger partial charge in [-0.25, -0.2) is 0 Å². The smallest absolute Gasteiger partial charge is 0.234 e. The molecule has 1 amide bonds. The Labute approximate surface area is 156 Å². The summed E-state index contributed by atoms with van der Waals surface area (Å²) >= 11 is 1.38. The molecule has 0 fully saturated rings. The maximum Gasteiger partial charge on any atom is 0.234 e. The van der Waals surface area contributed by atoms with Gasteiger partial charge in [-0.15, -0.1) is 10.2 Å². The fourth-order valence-corrected chi connectivity index (χ4v) is 3.88. The third kappa shape index (κ3) is 3.48. The number of hydrogen-bond acceptors (Lipinski definition) is 5. The van der Waals surface area contributed by atoms with Gasteiger partial charge < -0.3 is 9.88 Å². The lowest BCUT2D eigenvalue weighted by molar-refractivity contribution is -0.113. The molecule has 0 atom stereocenters. The van der Waals surface area contributed by atoms with Gasteiger partial charge >= 0.3 is 0 Å². The van der Waals surface area contributed by atoms with E-state index < -0.39 is 0 Å². The average molecular weight is 365 g/mol. The van der Waals surface area contributed by atoms with Crippen molar-refractivity contribution in [1.82, 2.24) is 19.7 Å². The summed E-state index contributed by atoms with van der Waals surface area (Å²) in [5.41, 5.74) is 4.57. The van der Waals surface area contributed by atoms with Crippen molar-refractivity contribution in [2.24, 2.45) is 7.05 Å². The molecule has 0 spiro atoms. The van der Waals surface area contributed by atoms with Crippen molar-refractivity contribution in [1.29, 1.82) is 0 Å². The summed E-state index contributed by atoms with van der Waals surface area (Å²) in [6.07, 6.45) is 6.90. The molecule has 26 heavy (non-hydrogen) atoms. The molecule has 1 aliphatic rings. The second kappa shape index (κ2) is 7.29. The van der Waals surface area contributed by atoms with E-state index in [4.69, 9.17) is 0 Å². The number of thioether (sulfide) groups is 1. The predicted octanol–water partition coefficient (Wildman–Crippen LogP) is 3.10. The summed E-state index contributed by atoms with van der Waals surface area (Å²) in [6.45, 7) is 0. The maximum atomic E-state index is 12.3. The monoisotopic (exact) mass is 365 g/mol. The van der Waals surface area contributed by atoms with E-state index >= 15 is 0 Å². The molecule has 0 saturated heterocycles. The molecule has 7 heteroatoms. The number of nitrogens with one attached hydrogen (secondary N) is 1. The number of nitrogens with zero attached hydrogens (tertiary/aromatic N) is 4. The summed E-state index contributed by atoms with van der Waals surface area (Å²) in [7, 11) is 1.90. The molecular formula is C19H19N5OS. The van der Waals surface area contributed by atoms with Crippen LogP contribution in [-0.4, -0.2) is 31.4 Å². The quantitative estimate of drug-likeness (QED) is 0.704. The largest absolute Gasteiger partial charge is 0.325 e. The lowest BCUT2D eigenvalue weighted by Gasteiger charge is -2.07. The van der Waals surface area contributed by atoms with Gasteiger partial charge in [0.05, 0.1) is 5.75 Å². The van der Waals surface area contributed by atoms with Gasteiger partial charge in [-0.2, -0.15) is 0 Å².